The van der Waals surface area contributed by atoms with Crippen molar-refractivity contribution in [3.8, 4) is 0 Å². The molecule has 5 heteroatoms. The van der Waals surface area contributed by atoms with Crippen molar-refractivity contribution in [2.24, 2.45) is 5.92 Å². The van der Waals surface area contributed by atoms with Gasteiger partial charge in [-0.3, -0.25) is 9.59 Å². The molecular formula is C16H14BrNO3. The smallest absolute Gasteiger partial charge is 0.308 e. The molecule has 0 saturated carbocycles. The maximum atomic E-state index is 12.7. The van der Waals surface area contributed by atoms with Gasteiger partial charge in [0, 0.05) is 23.1 Å². The third-order valence-electron chi connectivity index (χ3n) is 3.88. The maximum absolute atomic E-state index is 12.7. The van der Waals surface area contributed by atoms with Crippen LogP contribution in [-0.2, 0) is 4.79 Å². The fraction of sp³-hybridized carbons (Fsp3) is 0.250. The van der Waals surface area contributed by atoms with Gasteiger partial charge in [-0.15, -0.1) is 0 Å². The SMILES string of the molecule is O=C(O)C1CCN(C(=O)c2cc(Br)cc3ccccc23)C1. The summed E-state index contributed by atoms with van der Waals surface area (Å²) in [6.45, 7) is 0.783. The average Bonchev–Trinajstić information content (AvgIpc) is 2.95. The van der Waals surface area contributed by atoms with Crippen LogP contribution in [0.25, 0.3) is 10.8 Å². The van der Waals surface area contributed by atoms with Gasteiger partial charge in [0.25, 0.3) is 5.91 Å². The number of nitrogens with zero attached hydrogens (tertiary/aromatic N) is 1. The summed E-state index contributed by atoms with van der Waals surface area (Å²) in [6.07, 6.45) is 0.521. The highest BCUT2D eigenvalue weighted by Crippen LogP contribution is 2.27. The average molecular weight is 348 g/mol. The molecule has 0 aromatic heterocycles. The Morgan fingerprint density at radius 1 is 1.24 bits per heavy atom. The van der Waals surface area contributed by atoms with Crippen molar-refractivity contribution in [2.75, 3.05) is 13.1 Å². The predicted octanol–water partition coefficient (Wildman–Crippen LogP) is 3.15. The summed E-state index contributed by atoms with van der Waals surface area (Å²) in [5.74, 6) is -1.38. The molecule has 1 N–H and O–H groups in total. The molecule has 3 rings (SSSR count). The number of carboxylic acids is 1. The first kappa shape index (κ1) is 14.1. The number of amides is 1. The standard InChI is InChI=1S/C16H14BrNO3/c17-12-7-10-3-1-2-4-13(10)14(8-12)15(19)18-6-5-11(9-18)16(20)21/h1-4,7-8,11H,5-6,9H2,(H,20,21). The molecule has 1 aliphatic heterocycles. The number of halogens is 1. The lowest BCUT2D eigenvalue weighted by Gasteiger charge is -2.17. The lowest BCUT2D eigenvalue weighted by Crippen LogP contribution is -2.30. The fourth-order valence-corrected chi connectivity index (χ4v) is 3.24. The van der Waals surface area contributed by atoms with Crippen LogP contribution in [0.15, 0.2) is 40.9 Å². The normalized spacial score (nSPS) is 18.1. The Kier molecular flexibility index (Phi) is 3.68. The number of carbonyl (C=O) groups is 2. The Morgan fingerprint density at radius 2 is 2.00 bits per heavy atom. The van der Waals surface area contributed by atoms with Crippen molar-refractivity contribution in [1.29, 1.82) is 0 Å². The van der Waals surface area contributed by atoms with Gasteiger partial charge in [0.15, 0.2) is 0 Å². The molecular weight excluding hydrogens is 334 g/mol. The Hall–Kier alpha value is -1.88. The largest absolute Gasteiger partial charge is 0.481 e. The van der Waals surface area contributed by atoms with E-state index in [-0.39, 0.29) is 12.5 Å². The highest BCUT2D eigenvalue weighted by atomic mass is 79.9. The van der Waals surface area contributed by atoms with E-state index in [4.69, 9.17) is 5.11 Å². The van der Waals surface area contributed by atoms with E-state index in [0.717, 1.165) is 15.2 Å². The van der Waals surface area contributed by atoms with Crippen molar-refractivity contribution in [3.05, 3.63) is 46.4 Å². The number of likely N-dealkylation sites (tertiary alicyclic amines) is 1. The van der Waals surface area contributed by atoms with Crippen LogP contribution in [0.1, 0.15) is 16.8 Å². The lowest BCUT2D eigenvalue weighted by molar-refractivity contribution is -0.141. The first-order valence-corrected chi connectivity index (χ1v) is 7.56. The van der Waals surface area contributed by atoms with Crippen LogP contribution in [0.5, 0.6) is 0 Å². The van der Waals surface area contributed by atoms with E-state index >= 15 is 0 Å². The van der Waals surface area contributed by atoms with Crippen LogP contribution in [0.4, 0.5) is 0 Å². The summed E-state index contributed by atoms with van der Waals surface area (Å²) in [5, 5.41) is 10.9. The Labute approximate surface area is 130 Å². The van der Waals surface area contributed by atoms with Gasteiger partial charge in [-0.05, 0) is 29.3 Å². The number of carboxylic acid groups (broad SMARTS) is 1. The Morgan fingerprint density at radius 3 is 2.71 bits per heavy atom. The summed E-state index contributed by atoms with van der Waals surface area (Å²) >= 11 is 3.43. The summed E-state index contributed by atoms with van der Waals surface area (Å²) in [5.41, 5.74) is 0.617. The number of hydrogen-bond donors (Lipinski definition) is 1. The number of carbonyl (C=O) groups excluding carboxylic acids is 1. The molecule has 21 heavy (non-hydrogen) atoms. The third kappa shape index (κ3) is 2.65. The predicted molar refractivity (Wildman–Crippen MR) is 83.3 cm³/mol. The van der Waals surface area contributed by atoms with Gasteiger partial charge in [0.1, 0.15) is 0 Å². The maximum Gasteiger partial charge on any atom is 0.308 e. The van der Waals surface area contributed by atoms with Crippen LogP contribution >= 0.6 is 15.9 Å². The fourth-order valence-electron chi connectivity index (χ4n) is 2.77. The van der Waals surface area contributed by atoms with Crippen LogP contribution < -0.4 is 0 Å². The first-order valence-electron chi connectivity index (χ1n) is 6.76. The molecule has 1 unspecified atom stereocenters. The zero-order chi connectivity index (χ0) is 15.0. The summed E-state index contributed by atoms with van der Waals surface area (Å²) in [7, 11) is 0. The number of aliphatic carboxylic acids is 1. The van der Waals surface area contributed by atoms with Crippen molar-refractivity contribution in [2.45, 2.75) is 6.42 Å². The van der Waals surface area contributed by atoms with Gasteiger partial charge in [0.2, 0.25) is 0 Å². The second kappa shape index (κ2) is 5.48. The van der Waals surface area contributed by atoms with E-state index in [1.54, 1.807) is 11.0 Å². The molecule has 1 saturated heterocycles. The molecule has 108 valence electrons. The third-order valence-corrected chi connectivity index (χ3v) is 4.34. The molecule has 1 atom stereocenters. The second-order valence-electron chi connectivity index (χ2n) is 5.25. The molecule has 2 aromatic carbocycles. The highest BCUT2D eigenvalue weighted by molar-refractivity contribution is 9.10. The number of hydrogen-bond acceptors (Lipinski definition) is 2. The van der Waals surface area contributed by atoms with E-state index in [9.17, 15) is 9.59 Å². The van der Waals surface area contributed by atoms with Gasteiger partial charge in [0.05, 0.1) is 5.92 Å². The van der Waals surface area contributed by atoms with E-state index in [0.29, 0.717) is 18.5 Å². The van der Waals surface area contributed by atoms with E-state index in [1.807, 2.05) is 30.3 Å². The molecule has 0 radical (unpaired) electrons. The van der Waals surface area contributed by atoms with Crippen molar-refractivity contribution >= 4 is 38.6 Å². The molecule has 1 aliphatic rings. The van der Waals surface area contributed by atoms with Crippen molar-refractivity contribution < 1.29 is 14.7 Å². The molecule has 4 nitrogen and oxygen atoms in total. The van der Waals surface area contributed by atoms with Gasteiger partial charge < -0.3 is 10.0 Å². The van der Waals surface area contributed by atoms with Gasteiger partial charge in [-0.2, -0.15) is 0 Å². The Bertz CT molecular complexity index is 729. The van der Waals surface area contributed by atoms with E-state index in [1.165, 1.54) is 0 Å². The molecule has 0 spiro atoms. The quantitative estimate of drug-likeness (QED) is 0.907. The zero-order valence-corrected chi connectivity index (χ0v) is 12.8. The topological polar surface area (TPSA) is 57.6 Å². The van der Waals surface area contributed by atoms with E-state index in [2.05, 4.69) is 15.9 Å². The van der Waals surface area contributed by atoms with Crippen LogP contribution in [0.2, 0.25) is 0 Å². The van der Waals surface area contributed by atoms with Crippen molar-refractivity contribution in [3.63, 3.8) is 0 Å². The molecule has 1 amide bonds. The van der Waals surface area contributed by atoms with Crippen LogP contribution in [-0.4, -0.2) is 35.0 Å². The molecule has 1 fully saturated rings. The van der Waals surface area contributed by atoms with Crippen LogP contribution in [0.3, 0.4) is 0 Å². The Balaban J connectivity index is 1.97. The van der Waals surface area contributed by atoms with Crippen molar-refractivity contribution in [1.82, 2.24) is 4.90 Å². The molecule has 0 bridgehead atoms. The summed E-state index contributed by atoms with van der Waals surface area (Å²) in [4.78, 5) is 25.4. The minimum absolute atomic E-state index is 0.101. The first-order chi connectivity index (χ1) is 10.1. The second-order valence-corrected chi connectivity index (χ2v) is 6.17. The molecule has 0 aliphatic carbocycles. The zero-order valence-electron chi connectivity index (χ0n) is 11.3. The number of fused-ring (bicyclic) bond motifs is 1. The van der Waals surface area contributed by atoms with Crippen LogP contribution in [0, 0.1) is 5.92 Å². The van der Waals surface area contributed by atoms with Gasteiger partial charge in [-0.1, -0.05) is 40.2 Å². The molecule has 2 aromatic rings. The molecule has 1 heterocycles. The highest BCUT2D eigenvalue weighted by Gasteiger charge is 2.31. The monoisotopic (exact) mass is 347 g/mol. The minimum atomic E-state index is -0.829. The van der Waals surface area contributed by atoms with E-state index < -0.39 is 11.9 Å². The summed E-state index contributed by atoms with van der Waals surface area (Å²) < 4.78 is 0.846. The minimum Gasteiger partial charge on any atom is -0.481 e. The van der Waals surface area contributed by atoms with Gasteiger partial charge in [-0.25, -0.2) is 0 Å². The lowest BCUT2D eigenvalue weighted by atomic mass is 10.0. The van der Waals surface area contributed by atoms with Gasteiger partial charge >= 0.3 is 5.97 Å². The summed E-state index contributed by atoms with van der Waals surface area (Å²) in [6, 6.07) is 11.5. The number of benzene rings is 2. The number of rotatable bonds is 2.